The van der Waals surface area contributed by atoms with Gasteiger partial charge in [0.1, 0.15) is 0 Å². The topological polar surface area (TPSA) is 46.2 Å². The summed E-state index contributed by atoms with van der Waals surface area (Å²) in [6.45, 7) is -0.824. The maximum Gasteiger partial charge on any atom is 0.426 e. The van der Waals surface area contributed by atoms with E-state index in [1.807, 2.05) is 0 Å². The molecule has 10 heteroatoms. The van der Waals surface area contributed by atoms with Gasteiger partial charge in [-0.3, -0.25) is 0 Å². The minimum absolute atomic E-state index is 0.401. The van der Waals surface area contributed by atoms with Crippen LogP contribution in [0.2, 0.25) is 0 Å². The van der Waals surface area contributed by atoms with Gasteiger partial charge in [0.05, 0.1) is 0 Å². The average Bonchev–Trinajstić information content (AvgIpc) is 2.42. The Labute approximate surface area is 142 Å². The molecule has 0 unspecified atom stereocenters. The van der Waals surface area contributed by atoms with E-state index in [1.165, 1.54) is 0 Å². The fraction of sp³-hybridized carbons (Fsp3) is 1.00. The molecule has 1 N–H and O–H groups in total. The molecule has 4 rings (SSSR count). The van der Waals surface area contributed by atoms with Gasteiger partial charge in [-0.15, -0.1) is 0 Å². The molecule has 25 heavy (non-hydrogen) atoms. The lowest BCUT2D eigenvalue weighted by atomic mass is 9.50. The first-order chi connectivity index (χ1) is 11.2. The Balaban J connectivity index is 1.76. The summed E-state index contributed by atoms with van der Waals surface area (Å²) < 4.78 is 105. The van der Waals surface area contributed by atoms with Crippen molar-refractivity contribution in [3.63, 3.8) is 0 Å². The number of rotatable bonds is 6. The first-order valence-electron chi connectivity index (χ1n) is 8.32. The number of nitrogens with one attached hydrogen (secondary N) is 1. The Morgan fingerprint density at radius 2 is 1.32 bits per heavy atom. The number of halogens is 6. The predicted octanol–water partition coefficient (Wildman–Crippen LogP) is 4.01. The Bertz CT molecular complexity index is 608. The third-order valence-corrected chi connectivity index (χ3v) is 7.51. The molecular formula is C15H21F6NO2S. The van der Waals surface area contributed by atoms with Gasteiger partial charge in [0.25, 0.3) is 10.0 Å². The van der Waals surface area contributed by atoms with E-state index in [9.17, 15) is 34.8 Å². The third-order valence-electron chi connectivity index (χ3n) is 6.06. The van der Waals surface area contributed by atoms with Crippen LogP contribution in [0.1, 0.15) is 45.4 Å². The van der Waals surface area contributed by atoms with E-state index in [0.29, 0.717) is 37.0 Å². The van der Waals surface area contributed by atoms with Crippen LogP contribution in [0, 0.1) is 23.2 Å². The molecule has 4 aliphatic carbocycles. The molecule has 0 saturated heterocycles. The summed E-state index contributed by atoms with van der Waals surface area (Å²) in [5.74, 6) is -9.98. The molecule has 4 aliphatic rings. The fourth-order valence-electron chi connectivity index (χ4n) is 5.27. The first-order valence-corrected chi connectivity index (χ1v) is 9.80. The molecule has 0 radical (unpaired) electrons. The van der Waals surface area contributed by atoms with Gasteiger partial charge in [-0.25, -0.2) is 13.1 Å². The fourth-order valence-corrected chi connectivity index (χ4v) is 6.46. The monoisotopic (exact) mass is 393 g/mol. The van der Waals surface area contributed by atoms with Crippen LogP contribution >= 0.6 is 0 Å². The molecule has 0 heterocycles. The van der Waals surface area contributed by atoms with E-state index in [1.54, 1.807) is 4.72 Å². The van der Waals surface area contributed by atoms with Crippen molar-refractivity contribution in [2.75, 3.05) is 6.54 Å². The van der Waals surface area contributed by atoms with Crippen LogP contribution in [-0.2, 0) is 10.0 Å². The minimum atomic E-state index is -6.01. The predicted molar refractivity (Wildman–Crippen MR) is 78.0 cm³/mol. The van der Waals surface area contributed by atoms with Crippen LogP contribution in [0.4, 0.5) is 26.3 Å². The van der Waals surface area contributed by atoms with Crippen molar-refractivity contribution in [2.24, 2.45) is 23.2 Å². The zero-order chi connectivity index (χ0) is 18.9. The lowest BCUT2D eigenvalue weighted by Crippen LogP contribution is -2.61. The number of sulfonamides is 1. The van der Waals surface area contributed by atoms with E-state index in [4.69, 9.17) is 0 Å². The second-order valence-electron chi connectivity index (χ2n) is 8.22. The summed E-state index contributed by atoms with van der Waals surface area (Å²) in [5.41, 5.74) is -0.526. The van der Waals surface area contributed by atoms with Crippen LogP contribution in [0.25, 0.3) is 0 Å². The van der Waals surface area contributed by atoms with E-state index < -0.39 is 46.0 Å². The molecule has 4 bridgehead atoms. The third kappa shape index (κ3) is 2.96. The SMILES string of the molecule is CC(F)(F)C(F)(F)C(F)(F)S(=O)(=O)NCC12CC3CC(CC(C3)C1)C2. The zero-order valence-corrected chi connectivity index (χ0v) is 14.5. The summed E-state index contributed by atoms with van der Waals surface area (Å²) >= 11 is 0. The smallest absolute Gasteiger partial charge is 0.209 e. The highest BCUT2D eigenvalue weighted by Crippen LogP contribution is 2.60. The van der Waals surface area contributed by atoms with Gasteiger partial charge in [-0.2, -0.15) is 26.3 Å². The maximum atomic E-state index is 13.8. The van der Waals surface area contributed by atoms with Crippen LogP contribution in [0.5, 0.6) is 0 Å². The molecule has 0 aliphatic heterocycles. The van der Waals surface area contributed by atoms with E-state index in [2.05, 4.69) is 0 Å². The molecule has 3 nitrogen and oxygen atoms in total. The Morgan fingerprint density at radius 1 is 0.920 bits per heavy atom. The lowest BCUT2D eigenvalue weighted by molar-refractivity contribution is -0.271. The molecule has 0 aromatic rings. The van der Waals surface area contributed by atoms with Crippen molar-refractivity contribution in [3.8, 4) is 0 Å². The second-order valence-corrected chi connectivity index (χ2v) is 10.0. The Morgan fingerprint density at radius 3 is 1.68 bits per heavy atom. The molecular weight excluding hydrogens is 372 g/mol. The van der Waals surface area contributed by atoms with Gasteiger partial charge in [0.15, 0.2) is 0 Å². The molecule has 0 atom stereocenters. The van der Waals surface area contributed by atoms with Gasteiger partial charge in [-0.1, -0.05) is 0 Å². The van der Waals surface area contributed by atoms with Crippen LogP contribution < -0.4 is 4.72 Å². The second kappa shape index (κ2) is 5.50. The van der Waals surface area contributed by atoms with Gasteiger partial charge >= 0.3 is 17.1 Å². The molecule has 0 aromatic carbocycles. The quantitative estimate of drug-likeness (QED) is 0.694. The highest BCUT2D eigenvalue weighted by atomic mass is 32.2. The lowest BCUT2D eigenvalue weighted by Gasteiger charge is -2.57. The van der Waals surface area contributed by atoms with Crippen molar-refractivity contribution in [2.45, 2.75) is 62.5 Å². The Kier molecular flexibility index (Phi) is 4.23. The van der Waals surface area contributed by atoms with Gasteiger partial charge in [-0.05, 0) is 61.7 Å². The van der Waals surface area contributed by atoms with E-state index in [-0.39, 0.29) is 0 Å². The molecule has 0 aromatic heterocycles. The number of alkyl halides is 6. The maximum absolute atomic E-state index is 13.8. The Hall–Kier alpha value is -0.510. The molecule has 0 spiro atoms. The van der Waals surface area contributed by atoms with Crippen LogP contribution in [0.3, 0.4) is 0 Å². The molecule has 4 fully saturated rings. The van der Waals surface area contributed by atoms with Crippen molar-refractivity contribution >= 4 is 10.0 Å². The summed E-state index contributed by atoms with van der Waals surface area (Å²) in [6.07, 6.45) is 5.07. The highest BCUT2D eigenvalue weighted by molar-refractivity contribution is 7.90. The average molecular weight is 393 g/mol. The van der Waals surface area contributed by atoms with Crippen molar-refractivity contribution in [1.82, 2.24) is 4.72 Å². The van der Waals surface area contributed by atoms with E-state index >= 15 is 0 Å². The summed E-state index contributed by atoms with van der Waals surface area (Å²) in [5, 5.41) is -5.90. The van der Waals surface area contributed by atoms with Crippen molar-refractivity contribution in [1.29, 1.82) is 0 Å². The van der Waals surface area contributed by atoms with Gasteiger partial charge in [0.2, 0.25) is 0 Å². The minimum Gasteiger partial charge on any atom is -0.209 e. The molecule has 0 amide bonds. The van der Waals surface area contributed by atoms with E-state index in [0.717, 1.165) is 19.3 Å². The van der Waals surface area contributed by atoms with Gasteiger partial charge < -0.3 is 0 Å². The first kappa shape index (κ1) is 19.3. The van der Waals surface area contributed by atoms with Gasteiger partial charge in [0, 0.05) is 13.5 Å². The standard InChI is InChI=1S/C15H21F6NO2S/c1-12(16,17)14(18,19)15(20,21)25(23,24)22-8-13-5-9-2-10(6-13)4-11(3-9)7-13/h9-11,22H,2-8H2,1H3. The van der Waals surface area contributed by atoms with Crippen molar-refractivity contribution < 1.29 is 34.8 Å². The largest absolute Gasteiger partial charge is 0.426 e. The summed E-state index contributed by atoms with van der Waals surface area (Å²) in [4.78, 5) is 0. The number of hydrogen-bond acceptors (Lipinski definition) is 2. The molecule has 4 saturated carbocycles. The highest BCUT2D eigenvalue weighted by Gasteiger charge is 2.75. The van der Waals surface area contributed by atoms with Crippen LogP contribution in [-0.4, -0.2) is 32.1 Å². The van der Waals surface area contributed by atoms with Crippen molar-refractivity contribution in [3.05, 3.63) is 0 Å². The summed E-state index contributed by atoms with van der Waals surface area (Å²) in [7, 11) is -5.96. The number of hydrogen-bond donors (Lipinski definition) is 1. The molecule has 146 valence electrons. The normalized spacial score (nSPS) is 36.0. The van der Waals surface area contributed by atoms with Crippen LogP contribution in [0.15, 0.2) is 0 Å². The zero-order valence-electron chi connectivity index (χ0n) is 13.7. The summed E-state index contributed by atoms with van der Waals surface area (Å²) in [6, 6.07) is 0.